The van der Waals surface area contributed by atoms with Crippen molar-refractivity contribution in [3.8, 4) is 5.69 Å². The zero-order chi connectivity index (χ0) is 19.4. The van der Waals surface area contributed by atoms with E-state index >= 15 is 0 Å². The largest absolute Gasteiger partial charge is 0.324 e. The number of tetrazole rings is 1. The molecule has 0 aliphatic rings. The molecule has 1 heterocycles. The molecule has 27 heavy (non-hydrogen) atoms. The first-order valence-electron chi connectivity index (χ1n) is 7.71. The number of amides is 1. The fourth-order valence-corrected chi connectivity index (χ4v) is 3.18. The third-order valence-corrected chi connectivity index (χ3v) is 4.86. The van der Waals surface area contributed by atoms with Gasteiger partial charge in [-0.05, 0) is 35.5 Å². The average Bonchev–Trinajstić information content (AvgIpc) is 3.12. The topological polar surface area (TPSA) is 116 Å². The molecule has 1 amide bonds. The summed E-state index contributed by atoms with van der Waals surface area (Å²) in [4.78, 5) is 22.7. The number of nitro groups is 1. The number of non-ortho nitro benzene ring substituents is 1. The fourth-order valence-electron chi connectivity index (χ4n) is 2.15. The Balaban J connectivity index is 1.71. The van der Waals surface area contributed by atoms with Gasteiger partial charge in [-0.2, -0.15) is 4.68 Å². The van der Waals surface area contributed by atoms with Crippen LogP contribution in [0, 0.1) is 10.1 Å². The molecule has 138 valence electrons. The van der Waals surface area contributed by atoms with Crippen molar-refractivity contribution in [1.29, 1.82) is 0 Å². The van der Waals surface area contributed by atoms with Gasteiger partial charge in [-0.15, -0.1) is 5.10 Å². The van der Waals surface area contributed by atoms with Crippen molar-refractivity contribution in [2.75, 3.05) is 5.32 Å². The minimum Gasteiger partial charge on any atom is -0.324 e. The molecule has 0 aliphatic carbocycles. The van der Waals surface area contributed by atoms with Gasteiger partial charge in [-0.3, -0.25) is 14.9 Å². The number of nitro benzene ring substituents is 1. The van der Waals surface area contributed by atoms with E-state index in [0.29, 0.717) is 10.8 Å². The molecule has 1 unspecified atom stereocenters. The molecular weight excluding hydrogens is 392 g/mol. The fraction of sp³-hybridized carbons (Fsp3) is 0.125. The van der Waals surface area contributed by atoms with Gasteiger partial charge in [0.1, 0.15) is 0 Å². The number of aromatic nitrogens is 4. The first-order valence-corrected chi connectivity index (χ1v) is 8.96. The Bertz CT molecular complexity index is 981. The second kappa shape index (κ2) is 8.14. The van der Waals surface area contributed by atoms with E-state index in [2.05, 4.69) is 20.8 Å². The van der Waals surface area contributed by atoms with Crippen LogP contribution in [0.3, 0.4) is 0 Å². The lowest BCUT2D eigenvalue weighted by Gasteiger charge is -2.12. The van der Waals surface area contributed by atoms with Crippen molar-refractivity contribution in [2.45, 2.75) is 17.3 Å². The van der Waals surface area contributed by atoms with Gasteiger partial charge in [0.2, 0.25) is 11.1 Å². The normalized spacial score (nSPS) is 11.8. The van der Waals surface area contributed by atoms with Crippen LogP contribution in [0.25, 0.3) is 5.69 Å². The van der Waals surface area contributed by atoms with Crippen molar-refractivity contribution < 1.29 is 9.72 Å². The minimum atomic E-state index is -0.556. The van der Waals surface area contributed by atoms with Gasteiger partial charge in [-0.25, -0.2) is 0 Å². The van der Waals surface area contributed by atoms with Crippen molar-refractivity contribution in [2.24, 2.45) is 0 Å². The van der Waals surface area contributed by atoms with Crippen LogP contribution in [-0.2, 0) is 4.79 Å². The van der Waals surface area contributed by atoms with Gasteiger partial charge in [0.05, 0.1) is 26.6 Å². The van der Waals surface area contributed by atoms with Crippen LogP contribution in [0.2, 0.25) is 5.02 Å². The Labute approximate surface area is 162 Å². The van der Waals surface area contributed by atoms with E-state index in [1.807, 2.05) is 30.3 Å². The lowest BCUT2D eigenvalue weighted by atomic mass is 10.2. The molecule has 11 heteroatoms. The maximum Gasteiger partial charge on any atom is 0.271 e. The molecule has 9 nitrogen and oxygen atoms in total. The molecule has 0 saturated carbocycles. The van der Waals surface area contributed by atoms with Gasteiger partial charge < -0.3 is 5.32 Å². The molecule has 0 radical (unpaired) electrons. The summed E-state index contributed by atoms with van der Waals surface area (Å²) >= 11 is 7.18. The number of hydrogen-bond donors (Lipinski definition) is 1. The number of thioether (sulfide) groups is 1. The quantitative estimate of drug-likeness (QED) is 0.380. The highest BCUT2D eigenvalue weighted by Crippen LogP contribution is 2.28. The Morgan fingerprint density at radius 1 is 1.30 bits per heavy atom. The van der Waals surface area contributed by atoms with Crippen LogP contribution >= 0.6 is 23.4 Å². The molecular formula is C16H13ClN6O3S. The number of nitrogens with one attached hydrogen (secondary N) is 1. The molecule has 0 saturated heterocycles. The first-order chi connectivity index (χ1) is 13.0. The first kappa shape index (κ1) is 18.8. The van der Waals surface area contributed by atoms with Crippen molar-refractivity contribution in [3.63, 3.8) is 0 Å². The van der Waals surface area contributed by atoms with E-state index in [9.17, 15) is 14.9 Å². The smallest absolute Gasteiger partial charge is 0.271 e. The zero-order valence-electron chi connectivity index (χ0n) is 13.9. The van der Waals surface area contributed by atoms with Crippen molar-refractivity contribution in [3.05, 3.63) is 63.7 Å². The van der Waals surface area contributed by atoms with Gasteiger partial charge in [0.25, 0.3) is 5.69 Å². The molecule has 0 bridgehead atoms. The summed E-state index contributed by atoms with van der Waals surface area (Å²) in [6, 6.07) is 13.1. The van der Waals surface area contributed by atoms with Gasteiger partial charge in [0.15, 0.2) is 0 Å². The number of para-hydroxylation sites is 1. The molecule has 0 fully saturated rings. The van der Waals surface area contributed by atoms with Crippen LogP contribution in [0.1, 0.15) is 6.92 Å². The summed E-state index contributed by atoms with van der Waals surface area (Å²) < 4.78 is 1.54. The number of carbonyl (C=O) groups is 1. The number of halogens is 1. The molecule has 1 aromatic heterocycles. The van der Waals surface area contributed by atoms with E-state index in [0.717, 1.165) is 5.69 Å². The summed E-state index contributed by atoms with van der Waals surface area (Å²) in [5.41, 5.74) is 0.917. The monoisotopic (exact) mass is 404 g/mol. The van der Waals surface area contributed by atoms with Crippen LogP contribution in [0.5, 0.6) is 0 Å². The SMILES string of the molecule is CC(Sc1nnnn1-c1ccccc1)C(=O)Nc1ccc([N+](=O)[O-])cc1Cl. The molecule has 2 aromatic carbocycles. The summed E-state index contributed by atoms with van der Waals surface area (Å²) in [5.74, 6) is -0.335. The highest BCUT2D eigenvalue weighted by atomic mass is 35.5. The second-order valence-electron chi connectivity index (χ2n) is 5.38. The Morgan fingerprint density at radius 2 is 2.04 bits per heavy atom. The summed E-state index contributed by atoms with van der Waals surface area (Å²) in [6.45, 7) is 1.70. The second-order valence-corrected chi connectivity index (χ2v) is 7.09. The molecule has 0 aliphatic heterocycles. The number of carbonyl (C=O) groups excluding carboxylic acids is 1. The number of hydrogen-bond acceptors (Lipinski definition) is 7. The van der Waals surface area contributed by atoms with E-state index in [1.54, 1.807) is 6.92 Å². The third-order valence-electron chi connectivity index (χ3n) is 3.51. The van der Waals surface area contributed by atoms with Crippen molar-refractivity contribution in [1.82, 2.24) is 20.2 Å². The van der Waals surface area contributed by atoms with Crippen LogP contribution in [-0.4, -0.2) is 36.3 Å². The predicted octanol–water partition coefficient (Wildman–Crippen LogP) is 3.34. The molecule has 0 spiro atoms. The Morgan fingerprint density at radius 3 is 2.70 bits per heavy atom. The maximum absolute atomic E-state index is 12.5. The van der Waals surface area contributed by atoms with E-state index in [1.165, 1.54) is 34.6 Å². The third kappa shape index (κ3) is 4.41. The summed E-state index contributed by atoms with van der Waals surface area (Å²) in [6.07, 6.45) is 0. The van der Waals surface area contributed by atoms with Crippen LogP contribution in [0.15, 0.2) is 53.7 Å². The number of anilines is 1. The molecule has 3 rings (SSSR count). The van der Waals surface area contributed by atoms with Crippen LogP contribution in [0.4, 0.5) is 11.4 Å². The van der Waals surface area contributed by atoms with E-state index in [-0.39, 0.29) is 16.6 Å². The highest BCUT2D eigenvalue weighted by molar-refractivity contribution is 8.00. The Hall–Kier alpha value is -2.98. The summed E-state index contributed by atoms with van der Waals surface area (Å²) in [7, 11) is 0. The summed E-state index contributed by atoms with van der Waals surface area (Å²) in [5, 5.41) is 25.0. The van der Waals surface area contributed by atoms with E-state index in [4.69, 9.17) is 11.6 Å². The lowest BCUT2D eigenvalue weighted by Crippen LogP contribution is -2.23. The van der Waals surface area contributed by atoms with E-state index < -0.39 is 10.2 Å². The molecule has 1 atom stereocenters. The van der Waals surface area contributed by atoms with Crippen molar-refractivity contribution >= 4 is 40.6 Å². The maximum atomic E-state index is 12.5. The van der Waals surface area contributed by atoms with Crippen LogP contribution < -0.4 is 5.32 Å². The standard InChI is InChI=1S/C16H13ClN6O3S/c1-10(15(24)18-14-8-7-12(23(25)26)9-13(14)17)27-16-19-20-21-22(16)11-5-3-2-4-6-11/h2-10H,1H3,(H,18,24). The lowest BCUT2D eigenvalue weighted by molar-refractivity contribution is -0.384. The number of benzene rings is 2. The predicted molar refractivity (Wildman–Crippen MR) is 101 cm³/mol. The van der Waals surface area contributed by atoms with Gasteiger partial charge in [0, 0.05) is 12.1 Å². The zero-order valence-corrected chi connectivity index (χ0v) is 15.5. The number of rotatable bonds is 6. The van der Waals surface area contributed by atoms with Gasteiger partial charge >= 0.3 is 0 Å². The minimum absolute atomic E-state index is 0.0869. The Kier molecular flexibility index (Phi) is 5.67. The highest BCUT2D eigenvalue weighted by Gasteiger charge is 2.20. The average molecular weight is 405 g/mol. The van der Waals surface area contributed by atoms with Gasteiger partial charge in [-0.1, -0.05) is 41.6 Å². The molecule has 1 N–H and O–H groups in total. The molecule has 3 aromatic rings. The number of nitrogens with zero attached hydrogens (tertiary/aromatic N) is 5.